The zero-order valence-corrected chi connectivity index (χ0v) is 16.2. The number of carbonyl (C=O) groups is 2. The standard InChI is InChI=1S/C23H27N3O2/c27-22(26-13-3-4-14-26)19-10-5-7-17(15-19)16-24-23(28)25-21-12-6-9-18-8-1-2-11-20(18)21/h5-7,9-10,12,15H,1-4,8,11,13-14,16H2,(H2,24,25,28). The van der Waals surface area contributed by atoms with Gasteiger partial charge in [0.15, 0.2) is 0 Å². The Balaban J connectivity index is 1.36. The maximum atomic E-state index is 12.5. The fourth-order valence-electron chi connectivity index (χ4n) is 4.16. The number of fused-ring (bicyclic) bond motifs is 1. The number of anilines is 1. The Morgan fingerprint density at radius 1 is 0.929 bits per heavy atom. The summed E-state index contributed by atoms with van der Waals surface area (Å²) in [6.45, 7) is 2.07. The van der Waals surface area contributed by atoms with Crippen molar-refractivity contribution in [1.29, 1.82) is 0 Å². The van der Waals surface area contributed by atoms with Crippen molar-refractivity contribution in [3.05, 3.63) is 64.7 Å². The van der Waals surface area contributed by atoms with Crippen molar-refractivity contribution in [2.24, 2.45) is 0 Å². The van der Waals surface area contributed by atoms with E-state index < -0.39 is 0 Å². The van der Waals surface area contributed by atoms with E-state index in [1.807, 2.05) is 41.3 Å². The summed E-state index contributed by atoms with van der Waals surface area (Å²) in [5.74, 6) is 0.0831. The van der Waals surface area contributed by atoms with Gasteiger partial charge in [0.1, 0.15) is 0 Å². The molecule has 28 heavy (non-hydrogen) atoms. The van der Waals surface area contributed by atoms with Gasteiger partial charge in [-0.1, -0.05) is 24.3 Å². The first-order valence-corrected chi connectivity index (χ1v) is 10.2. The molecule has 0 spiro atoms. The molecule has 5 nitrogen and oxygen atoms in total. The molecule has 2 aromatic rings. The molecule has 0 saturated carbocycles. The van der Waals surface area contributed by atoms with Crippen LogP contribution in [0.25, 0.3) is 0 Å². The molecule has 2 aromatic carbocycles. The normalized spacial score (nSPS) is 15.8. The van der Waals surface area contributed by atoms with Crippen molar-refractivity contribution in [2.45, 2.75) is 45.1 Å². The summed E-state index contributed by atoms with van der Waals surface area (Å²) in [7, 11) is 0. The molecule has 4 rings (SSSR count). The van der Waals surface area contributed by atoms with Gasteiger partial charge in [-0.3, -0.25) is 4.79 Å². The molecule has 1 saturated heterocycles. The van der Waals surface area contributed by atoms with Gasteiger partial charge in [0.05, 0.1) is 0 Å². The Kier molecular flexibility index (Phi) is 5.60. The van der Waals surface area contributed by atoms with Crippen LogP contribution in [0.15, 0.2) is 42.5 Å². The lowest BCUT2D eigenvalue weighted by molar-refractivity contribution is 0.0792. The van der Waals surface area contributed by atoms with Gasteiger partial charge >= 0.3 is 6.03 Å². The minimum atomic E-state index is -0.213. The van der Waals surface area contributed by atoms with Crippen molar-refractivity contribution >= 4 is 17.6 Å². The highest BCUT2D eigenvalue weighted by Gasteiger charge is 2.19. The summed E-state index contributed by atoms with van der Waals surface area (Å²) in [5, 5.41) is 5.91. The molecule has 1 aliphatic heterocycles. The number of nitrogens with one attached hydrogen (secondary N) is 2. The molecule has 0 unspecified atom stereocenters. The minimum absolute atomic E-state index is 0.0831. The van der Waals surface area contributed by atoms with E-state index in [0.29, 0.717) is 12.1 Å². The number of aryl methyl sites for hydroxylation is 1. The predicted molar refractivity (Wildman–Crippen MR) is 111 cm³/mol. The van der Waals surface area contributed by atoms with E-state index in [4.69, 9.17) is 0 Å². The fraction of sp³-hybridized carbons (Fsp3) is 0.391. The van der Waals surface area contributed by atoms with Gasteiger partial charge in [0, 0.05) is 30.9 Å². The summed E-state index contributed by atoms with van der Waals surface area (Å²) in [6, 6.07) is 13.5. The van der Waals surface area contributed by atoms with Gasteiger partial charge in [-0.2, -0.15) is 0 Å². The molecule has 0 radical (unpaired) electrons. The number of benzene rings is 2. The van der Waals surface area contributed by atoms with Crippen LogP contribution in [-0.4, -0.2) is 29.9 Å². The van der Waals surface area contributed by atoms with E-state index in [1.165, 1.54) is 24.0 Å². The molecule has 1 fully saturated rings. The van der Waals surface area contributed by atoms with E-state index in [1.54, 1.807) is 0 Å². The van der Waals surface area contributed by atoms with Crippen LogP contribution in [0, 0.1) is 0 Å². The first-order valence-electron chi connectivity index (χ1n) is 10.2. The summed E-state index contributed by atoms with van der Waals surface area (Å²) < 4.78 is 0. The molecular weight excluding hydrogens is 350 g/mol. The van der Waals surface area contributed by atoms with Crippen LogP contribution in [0.2, 0.25) is 0 Å². The summed E-state index contributed by atoms with van der Waals surface area (Å²) in [6.07, 6.45) is 6.66. The number of hydrogen-bond donors (Lipinski definition) is 2. The number of urea groups is 1. The highest BCUT2D eigenvalue weighted by Crippen LogP contribution is 2.27. The topological polar surface area (TPSA) is 61.4 Å². The predicted octanol–water partition coefficient (Wildman–Crippen LogP) is 4.12. The Hall–Kier alpha value is -2.82. The van der Waals surface area contributed by atoms with Gasteiger partial charge in [0.2, 0.25) is 0 Å². The smallest absolute Gasteiger partial charge is 0.319 e. The molecule has 2 N–H and O–H groups in total. The zero-order chi connectivity index (χ0) is 19.3. The highest BCUT2D eigenvalue weighted by molar-refractivity contribution is 5.94. The lowest BCUT2D eigenvalue weighted by atomic mass is 9.90. The van der Waals surface area contributed by atoms with Gasteiger partial charge in [-0.15, -0.1) is 0 Å². The largest absolute Gasteiger partial charge is 0.339 e. The minimum Gasteiger partial charge on any atom is -0.339 e. The first-order chi connectivity index (χ1) is 13.7. The number of amides is 3. The molecule has 5 heteroatoms. The molecule has 146 valence electrons. The highest BCUT2D eigenvalue weighted by atomic mass is 16.2. The quantitative estimate of drug-likeness (QED) is 0.842. The third-order valence-electron chi connectivity index (χ3n) is 5.66. The SMILES string of the molecule is O=C(NCc1cccc(C(=O)N2CCCC2)c1)Nc1cccc2c1CCCC2. The average Bonchev–Trinajstić information content (AvgIpc) is 3.27. The van der Waals surface area contributed by atoms with E-state index >= 15 is 0 Å². The Labute approximate surface area is 166 Å². The molecule has 0 bridgehead atoms. The van der Waals surface area contributed by atoms with Crippen LogP contribution < -0.4 is 10.6 Å². The van der Waals surface area contributed by atoms with Crippen LogP contribution in [-0.2, 0) is 19.4 Å². The monoisotopic (exact) mass is 377 g/mol. The van der Waals surface area contributed by atoms with Crippen molar-refractivity contribution < 1.29 is 9.59 Å². The van der Waals surface area contributed by atoms with E-state index in [9.17, 15) is 9.59 Å². The van der Waals surface area contributed by atoms with Crippen LogP contribution in [0.4, 0.5) is 10.5 Å². The first kappa shape index (κ1) is 18.5. The maximum Gasteiger partial charge on any atom is 0.319 e. The number of rotatable bonds is 4. The second kappa shape index (κ2) is 8.46. The van der Waals surface area contributed by atoms with E-state index in [2.05, 4.69) is 16.7 Å². The van der Waals surface area contributed by atoms with Crippen molar-refractivity contribution in [2.75, 3.05) is 18.4 Å². The summed E-state index contributed by atoms with van der Waals surface area (Å²) in [5.41, 5.74) is 5.14. The van der Waals surface area contributed by atoms with Crippen molar-refractivity contribution in [1.82, 2.24) is 10.2 Å². The van der Waals surface area contributed by atoms with Crippen LogP contribution in [0.5, 0.6) is 0 Å². The number of carbonyl (C=O) groups excluding carboxylic acids is 2. The molecule has 1 aliphatic carbocycles. The molecule has 0 atom stereocenters. The van der Waals surface area contributed by atoms with Crippen LogP contribution in [0.3, 0.4) is 0 Å². The third-order valence-corrected chi connectivity index (χ3v) is 5.66. The van der Waals surface area contributed by atoms with Crippen molar-refractivity contribution in [3.63, 3.8) is 0 Å². The lowest BCUT2D eigenvalue weighted by Gasteiger charge is -2.19. The fourth-order valence-corrected chi connectivity index (χ4v) is 4.16. The summed E-state index contributed by atoms with van der Waals surface area (Å²) >= 11 is 0. The number of hydrogen-bond acceptors (Lipinski definition) is 2. The van der Waals surface area contributed by atoms with Gasteiger partial charge in [-0.05, 0) is 73.4 Å². The molecule has 0 aromatic heterocycles. The second-order valence-corrected chi connectivity index (χ2v) is 7.66. The van der Waals surface area contributed by atoms with Gasteiger partial charge < -0.3 is 15.5 Å². The molecule has 1 heterocycles. The zero-order valence-electron chi connectivity index (χ0n) is 16.2. The van der Waals surface area contributed by atoms with Crippen LogP contribution >= 0.6 is 0 Å². The van der Waals surface area contributed by atoms with Crippen LogP contribution in [0.1, 0.15) is 52.7 Å². The Morgan fingerprint density at radius 2 is 1.71 bits per heavy atom. The van der Waals surface area contributed by atoms with Crippen molar-refractivity contribution in [3.8, 4) is 0 Å². The summed E-state index contributed by atoms with van der Waals surface area (Å²) in [4.78, 5) is 26.8. The lowest BCUT2D eigenvalue weighted by Crippen LogP contribution is -2.29. The molecule has 3 amide bonds. The molecular formula is C23H27N3O2. The van der Waals surface area contributed by atoms with E-state index in [0.717, 1.165) is 50.0 Å². The second-order valence-electron chi connectivity index (χ2n) is 7.66. The maximum absolute atomic E-state index is 12.5. The average molecular weight is 377 g/mol. The third kappa shape index (κ3) is 4.19. The van der Waals surface area contributed by atoms with Gasteiger partial charge in [-0.25, -0.2) is 4.79 Å². The number of nitrogens with zero attached hydrogens (tertiary/aromatic N) is 1. The Morgan fingerprint density at radius 3 is 2.57 bits per heavy atom. The Bertz CT molecular complexity index is 872. The number of likely N-dealkylation sites (tertiary alicyclic amines) is 1. The van der Waals surface area contributed by atoms with E-state index in [-0.39, 0.29) is 11.9 Å². The van der Waals surface area contributed by atoms with Gasteiger partial charge in [0.25, 0.3) is 5.91 Å². The molecule has 2 aliphatic rings.